The first kappa shape index (κ1) is 13.7. The highest BCUT2D eigenvalue weighted by Gasteiger charge is 2.16. The van der Waals surface area contributed by atoms with Crippen LogP contribution in [0, 0.1) is 11.8 Å². The molecule has 0 aromatic heterocycles. The molecule has 0 spiro atoms. The molecule has 1 nitrogen and oxygen atoms in total. The second-order valence-electron chi connectivity index (χ2n) is 4.13. The van der Waals surface area contributed by atoms with Crippen molar-refractivity contribution in [3.8, 4) is 0 Å². The summed E-state index contributed by atoms with van der Waals surface area (Å²) < 4.78 is 0. The first-order valence-corrected chi connectivity index (χ1v) is 6.07. The molecule has 84 valence electrons. The second kappa shape index (κ2) is 9.26. The summed E-state index contributed by atoms with van der Waals surface area (Å²) in [6.07, 6.45) is 8.71. The van der Waals surface area contributed by atoms with Crippen LogP contribution in [0.25, 0.3) is 0 Å². The van der Waals surface area contributed by atoms with Crippen molar-refractivity contribution >= 4 is 0 Å². The molecule has 0 saturated heterocycles. The van der Waals surface area contributed by atoms with Crippen molar-refractivity contribution in [3.05, 3.63) is 12.7 Å². The fraction of sp³-hybridized carbons (Fsp3) is 0.846. The summed E-state index contributed by atoms with van der Waals surface area (Å²) in [6.45, 7) is 9.64. The van der Waals surface area contributed by atoms with Gasteiger partial charge in [0.05, 0.1) is 0 Å². The third-order valence-electron chi connectivity index (χ3n) is 2.95. The van der Waals surface area contributed by atoms with E-state index >= 15 is 0 Å². The molecule has 0 heterocycles. The van der Waals surface area contributed by atoms with Gasteiger partial charge in [-0.2, -0.15) is 0 Å². The Morgan fingerprint density at radius 3 is 2.07 bits per heavy atom. The van der Waals surface area contributed by atoms with Crippen molar-refractivity contribution in [1.29, 1.82) is 0 Å². The van der Waals surface area contributed by atoms with Gasteiger partial charge in [-0.15, -0.1) is 6.58 Å². The lowest BCUT2D eigenvalue weighted by atomic mass is 9.83. The van der Waals surface area contributed by atoms with Crippen molar-refractivity contribution in [1.82, 2.24) is 5.32 Å². The van der Waals surface area contributed by atoms with Gasteiger partial charge in [0.1, 0.15) is 0 Å². The topological polar surface area (TPSA) is 12.0 Å². The van der Waals surface area contributed by atoms with E-state index in [0.717, 1.165) is 12.5 Å². The second-order valence-corrected chi connectivity index (χ2v) is 4.13. The summed E-state index contributed by atoms with van der Waals surface area (Å²) in [7, 11) is 2.02. The Morgan fingerprint density at radius 1 is 1.14 bits per heavy atom. The van der Waals surface area contributed by atoms with Crippen LogP contribution in [0.15, 0.2) is 12.7 Å². The summed E-state index contributed by atoms with van der Waals surface area (Å²) in [6, 6.07) is 0. The number of allylic oxidation sites excluding steroid dienone is 1. The third-order valence-corrected chi connectivity index (χ3v) is 2.95. The van der Waals surface area contributed by atoms with Gasteiger partial charge >= 0.3 is 0 Å². The van der Waals surface area contributed by atoms with Crippen LogP contribution in [0.1, 0.15) is 46.0 Å². The molecule has 0 amide bonds. The van der Waals surface area contributed by atoms with Crippen LogP contribution in [0.5, 0.6) is 0 Å². The Labute approximate surface area is 90.0 Å². The van der Waals surface area contributed by atoms with Gasteiger partial charge in [0.25, 0.3) is 0 Å². The van der Waals surface area contributed by atoms with Crippen molar-refractivity contribution in [2.75, 3.05) is 13.6 Å². The minimum absolute atomic E-state index is 0.711. The van der Waals surface area contributed by atoms with Gasteiger partial charge < -0.3 is 5.32 Å². The Morgan fingerprint density at radius 2 is 1.71 bits per heavy atom. The van der Waals surface area contributed by atoms with Gasteiger partial charge in [0.15, 0.2) is 0 Å². The molecular formula is C13H27N. The van der Waals surface area contributed by atoms with E-state index in [4.69, 9.17) is 0 Å². The maximum Gasteiger partial charge on any atom is -0.00462 e. The van der Waals surface area contributed by atoms with Gasteiger partial charge in [0.2, 0.25) is 0 Å². The van der Waals surface area contributed by atoms with E-state index in [9.17, 15) is 0 Å². The van der Waals surface area contributed by atoms with Crippen LogP contribution in [-0.2, 0) is 0 Å². The van der Waals surface area contributed by atoms with Crippen LogP contribution < -0.4 is 5.32 Å². The zero-order valence-electron chi connectivity index (χ0n) is 10.2. The van der Waals surface area contributed by atoms with E-state index < -0.39 is 0 Å². The predicted octanol–water partition coefficient (Wildman–Crippen LogP) is 3.61. The molecule has 0 bridgehead atoms. The maximum absolute atomic E-state index is 3.97. The van der Waals surface area contributed by atoms with Crippen molar-refractivity contribution in [2.45, 2.75) is 46.0 Å². The molecule has 0 fully saturated rings. The molecule has 0 saturated carbocycles. The molecule has 14 heavy (non-hydrogen) atoms. The van der Waals surface area contributed by atoms with E-state index in [1.807, 2.05) is 7.05 Å². The van der Waals surface area contributed by atoms with Gasteiger partial charge in [-0.25, -0.2) is 0 Å². The first-order chi connectivity index (χ1) is 6.79. The summed E-state index contributed by atoms with van der Waals surface area (Å²) in [4.78, 5) is 0. The lowest BCUT2D eigenvalue weighted by Crippen LogP contribution is -2.18. The zero-order chi connectivity index (χ0) is 10.8. The van der Waals surface area contributed by atoms with E-state index in [0.29, 0.717) is 5.92 Å². The summed E-state index contributed by atoms with van der Waals surface area (Å²) in [5.74, 6) is 1.57. The standard InChI is InChI=1S/C13H27N/c1-5-8-13(9-6-2)12(7-3)10-11-14-4/h7,12-14H,3,5-6,8-11H2,1-2,4H3. The zero-order valence-corrected chi connectivity index (χ0v) is 10.2. The highest BCUT2D eigenvalue weighted by molar-refractivity contribution is 4.84. The predicted molar refractivity (Wildman–Crippen MR) is 65.5 cm³/mol. The van der Waals surface area contributed by atoms with Crippen LogP contribution in [0.4, 0.5) is 0 Å². The molecule has 0 rings (SSSR count). The van der Waals surface area contributed by atoms with E-state index in [-0.39, 0.29) is 0 Å². The van der Waals surface area contributed by atoms with Gasteiger partial charge in [-0.1, -0.05) is 45.6 Å². The average molecular weight is 197 g/mol. The van der Waals surface area contributed by atoms with Crippen LogP contribution >= 0.6 is 0 Å². The van der Waals surface area contributed by atoms with Crippen LogP contribution in [0.3, 0.4) is 0 Å². The first-order valence-electron chi connectivity index (χ1n) is 6.07. The summed E-state index contributed by atoms with van der Waals surface area (Å²) in [5.41, 5.74) is 0. The molecule has 0 aliphatic rings. The molecule has 0 aliphatic heterocycles. The van der Waals surface area contributed by atoms with E-state index in [1.54, 1.807) is 0 Å². The minimum Gasteiger partial charge on any atom is -0.320 e. The largest absolute Gasteiger partial charge is 0.320 e. The maximum atomic E-state index is 3.97. The molecule has 0 aromatic rings. The Hall–Kier alpha value is -0.300. The molecule has 0 aliphatic carbocycles. The Bertz CT molecular complexity index is 125. The van der Waals surface area contributed by atoms with Gasteiger partial charge in [-0.3, -0.25) is 0 Å². The van der Waals surface area contributed by atoms with Crippen molar-refractivity contribution < 1.29 is 0 Å². The Kier molecular flexibility index (Phi) is 9.06. The number of nitrogens with one attached hydrogen (secondary N) is 1. The summed E-state index contributed by atoms with van der Waals surface area (Å²) >= 11 is 0. The van der Waals surface area contributed by atoms with E-state index in [2.05, 4.69) is 31.8 Å². The molecule has 1 heteroatoms. The highest BCUT2D eigenvalue weighted by atomic mass is 14.8. The minimum atomic E-state index is 0.711. The number of rotatable bonds is 9. The molecule has 0 radical (unpaired) electrons. The van der Waals surface area contributed by atoms with Crippen LogP contribution in [-0.4, -0.2) is 13.6 Å². The molecular weight excluding hydrogens is 170 g/mol. The average Bonchev–Trinajstić information content (AvgIpc) is 2.19. The normalized spacial score (nSPS) is 13.1. The monoisotopic (exact) mass is 197 g/mol. The van der Waals surface area contributed by atoms with E-state index in [1.165, 1.54) is 32.1 Å². The molecule has 1 atom stereocenters. The van der Waals surface area contributed by atoms with Gasteiger partial charge in [0, 0.05) is 0 Å². The number of hydrogen-bond donors (Lipinski definition) is 1. The fourth-order valence-electron chi connectivity index (χ4n) is 2.17. The van der Waals surface area contributed by atoms with Crippen LogP contribution in [0.2, 0.25) is 0 Å². The van der Waals surface area contributed by atoms with Gasteiger partial charge in [-0.05, 0) is 31.8 Å². The molecule has 1 N–H and O–H groups in total. The lowest BCUT2D eigenvalue weighted by Gasteiger charge is -2.23. The quantitative estimate of drug-likeness (QED) is 0.557. The lowest BCUT2D eigenvalue weighted by molar-refractivity contribution is 0.323. The molecule has 0 aromatic carbocycles. The fourth-order valence-corrected chi connectivity index (χ4v) is 2.17. The Balaban J connectivity index is 4.03. The SMILES string of the molecule is C=CC(CCNC)C(CCC)CCC. The smallest absolute Gasteiger partial charge is 0.00462 e. The highest BCUT2D eigenvalue weighted by Crippen LogP contribution is 2.26. The number of hydrogen-bond acceptors (Lipinski definition) is 1. The van der Waals surface area contributed by atoms with Crippen molar-refractivity contribution in [2.24, 2.45) is 11.8 Å². The van der Waals surface area contributed by atoms with Crippen molar-refractivity contribution in [3.63, 3.8) is 0 Å². The molecule has 1 unspecified atom stereocenters. The summed E-state index contributed by atoms with van der Waals surface area (Å²) in [5, 5.41) is 3.22. The third kappa shape index (κ3) is 5.43.